The maximum atomic E-state index is 12.3. The van der Waals surface area contributed by atoms with Crippen LogP contribution in [0.2, 0.25) is 5.02 Å². The Labute approximate surface area is 170 Å². The zero-order valence-corrected chi connectivity index (χ0v) is 17.7. The highest BCUT2D eigenvalue weighted by atomic mass is 79.9. The number of pyridine rings is 1. The molecule has 3 aromatic rings. The standard InChI is InChI=1S/C17H12Br2ClN3OS/c1-8-6-13(19)25-14(8)11-7-12(18)16(22-15(11)21)23-17(24)9-2-4-10(20)5-3-9/h2-7H,1H3,(H3,21,22,23,24). The molecule has 3 N–H and O–H groups in total. The van der Waals surface area contributed by atoms with Gasteiger partial charge in [-0.15, -0.1) is 11.3 Å². The number of carbonyl (C=O) groups is 1. The number of anilines is 2. The predicted molar refractivity (Wildman–Crippen MR) is 112 cm³/mol. The van der Waals surface area contributed by atoms with E-state index >= 15 is 0 Å². The molecule has 0 unspecified atom stereocenters. The highest BCUT2D eigenvalue weighted by Gasteiger charge is 2.16. The van der Waals surface area contributed by atoms with Crippen molar-refractivity contribution in [3.05, 3.63) is 60.8 Å². The van der Waals surface area contributed by atoms with Gasteiger partial charge in [0, 0.05) is 21.0 Å². The fourth-order valence-corrected chi connectivity index (χ4v) is 4.56. The number of amides is 1. The number of halogens is 3. The molecular weight excluding hydrogens is 490 g/mol. The van der Waals surface area contributed by atoms with Gasteiger partial charge in [-0.3, -0.25) is 4.79 Å². The smallest absolute Gasteiger partial charge is 0.256 e. The molecule has 3 rings (SSSR count). The van der Waals surface area contributed by atoms with Crippen molar-refractivity contribution in [1.82, 2.24) is 4.98 Å². The second kappa shape index (κ2) is 7.45. The summed E-state index contributed by atoms with van der Waals surface area (Å²) in [4.78, 5) is 17.7. The maximum absolute atomic E-state index is 12.3. The molecule has 0 fully saturated rings. The Kier molecular flexibility index (Phi) is 5.48. The monoisotopic (exact) mass is 499 g/mol. The molecule has 2 aromatic heterocycles. The number of thiophene rings is 1. The van der Waals surface area contributed by atoms with Gasteiger partial charge in [-0.05, 0) is 80.7 Å². The average Bonchev–Trinajstić information content (AvgIpc) is 2.89. The van der Waals surface area contributed by atoms with Crippen LogP contribution in [0.15, 0.2) is 44.7 Å². The number of nitrogens with two attached hydrogens (primary N) is 1. The number of nitrogens with one attached hydrogen (secondary N) is 1. The molecule has 2 heterocycles. The molecule has 128 valence electrons. The van der Waals surface area contributed by atoms with Gasteiger partial charge < -0.3 is 11.1 Å². The number of nitrogens with zero attached hydrogens (tertiary/aromatic N) is 1. The van der Waals surface area contributed by atoms with Gasteiger partial charge in [-0.25, -0.2) is 4.98 Å². The number of aryl methyl sites for hydroxylation is 1. The van der Waals surface area contributed by atoms with Crippen LogP contribution < -0.4 is 11.1 Å². The number of benzene rings is 1. The highest BCUT2D eigenvalue weighted by molar-refractivity contribution is 9.11. The van der Waals surface area contributed by atoms with Crippen molar-refractivity contribution in [3.63, 3.8) is 0 Å². The van der Waals surface area contributed by atoms with Crippen molar-refractivity contribution < 1.29 is 4.79 Å². The molecular formula is C17H12Br2ClN3OS. The van der Waals surface area contributed by atoms with Crippen LogP contribution in [0.25, 0.3) is 10.4 Å². The van der Waals surface area contributed by atoms with E-state index in [9.17, 15) is 4.79 Å². The van der Waals surface area contributed by atoms with E-state index < -0.39 is 0 Å². The first-order valence-electron chi connectivity index (χ1n) is 7.14. The molecule has 0 atom stereocenters. The number of nitrogen functional groups attached to an aromatic ring is 1. The van der Waals surface area contributed by atoms with Crippen molar-refractivity contribution in [2.24, 2.45) is 0 Å². The molecule has 0 saturated carbocycles. The van der Waals surface area contributed by atoms with Gasteiger partial charge in [0.25, 0.3) is 5.91 Å². The molecule has 0 aliphatic heterocycles. The first-order chi connectivity index (χ1) is 11.8. The van der Waals surface area contributed by atoms with E-state index in [4.69, 9.17) is 17.3 Å². The van der Waals surface area contributed by atoms with Crippen LogP contribution in [-0.4, -0.2) is 10.9 Å². The van der Waals surface area contributed by atoms with Crippen LogP contribution in [0.3, 0.4) is 0 Å². The minimum absolute atomic E-state index is 0.285. The van der Waals surface area contributed by atoms with Crippen molar-refractivity contribution in [3.8, 4) is 10.4 Å². The van der Waals surface area contributed by atoms with Crippen LogP contribution in [0.4, 0.5) is 11.6 Å². The largest absolute Gasteiger partial charge is 0.383 e. The van der Waals surface area contributed by atoms with E-state index in [2.05, 4.69) is 42.2 Å². The molecule has 1 aromatic carbocycles. The molecule has 0 bridgehead atoms. The first kappa shape index (κ1) is 18.4. The van der Waals surface area contributed by atoms with Crippen molar-refractivity contribution >= 4 is 72.3 Å². The molecule has 0 aliphatic rings. The third kappa shape index (κ3) is 4.06. The molecule has 0 aliphatic carbocycles. The van der Waals surface area contributed by atoms with E-state index in [1.54, 1.807) is 35.6 Å². The van der Waals surface area contributed by atoms with Gasteiger partial charge in [0.2, 0.25) is 0 Å². The van der Waals surface area contributed by atoms with Crippen LogP contribution in [-0.2, 0) is 0 Å². The Balaban J connectivity index is 1.91. The maximum Gasteiger partial charge on any atom is 0.256 e. The Bertz CT molecular complexity index is 957. The lowest BCUT2D eigenvalue weighted by Gasteiger charge is -2.11. The summed E-state index contributed by atoms with van der Waals surface area (Å²) < 4.78 is 1.68. The number of carbonyl (C=O) groups excluding carboxylic acids is 1. The topological polar surface area (TPSA) is 68.0 Å². The van der Waals surface area contributed by atoms with Crippen LogP contribution >= 0.6 is 54.8 Å². The fraction of sp³-hybridized carbons (Fsp3) is 0.0588. The summed E-state index contributed by atoms with van der Waals surface area (Å²) >= 11 is 14.4. The Morgan fingerprint density at radius 2 is 1.92 bits per heavy atom. The number of hydrogen-bond acceptors (Lipinski definition) is 4. The van der Waals surface area contributed by atoms with Gasteiger partial charge in [-0.2, -0.15) is 0 Å². The van der Waals surface area contributed by atoms with Crippen LogP contribution in [0.5, 0.6) is 0 Å². The second-order valence-electron chi connectivity index (χ2n) is 5.28. The lowest BCUT2D eigenvalue weighted by atomic mass is 10.1. The normalized spacial score (nSPS) is 10.7. The van der Waals surface area contributed by atoms with E-state index in [1.807, 2.05) is 19.1 Å². The third-order valence-corrected chi connectivity index (χ3v) is 6.11. The van der Waals surface area contributed by atoms with Gasteiger partial charge >= 0.3 is 0 Å². The molecule has 0 radical (unpaired) electrons. The Morgan fingerprint density at radius 1 is 1.24 bits per heavy atom. The molecule has 0 spiro atoms. The van der Waals surface area contributed by atoms with Gasteiger partial charge in [0.15, 0.2) is 0 Å². The summed E-state index contributed by atoms with van der Waals surface area (Å²) in [5.41, 5.74) is 8.54. The van der Waals surface area contributed by atoms with Crippen molar-refractivity contribution in [2.75, 3.05) is 11.1 Å². The minimum atomic E-state index is -0.285. The van der Waals surface area contributed by atoms with Crippen molar-refractivity contribution in [2.45, 2.75) is 6.92 Å². The quantitative estimate of drug-likeness (QED) is 0.454. The summed E-state index contributed by atoms with van der Waals surface area (Å²) in [5.74, 6) is 0.439. The average molecular weight is 502 g/mol. The fourth-order valence-electron chi connectivity index (χ4n) is 2.26. The van der Waals surface area contributed by atoms with E-state index in [-0.39, 0.29) is 5.91 Å². The Hall–Kier alpha value is -1.41. The van der Waals surface area contributed by atoms with Crippen molar-refractivity contribution in [1.29, 1.82) is 0 Å². The minimum Gasteiger partial charge on any atom is -0.383 e. The molecule has 4 nitrogen and oxygen atoms in total. The molecule has 0 saturated heterocycles. The summed E-state index contributed by atoms with van der Waals surface area (Å²) in [7, 11) is 0. The number of hydrogen-bond donors (Lipinski definition) is 2. The lowest BCUT2D eigenvalue weighted by Crippen LogP contribution is -2.14. The number of aromatic nitrogens is 1. The summed E-state index contributed by atoms with van der Waals surface area (Å²) in [5, 5.41) is 3.33. The summed E-state index contributed by atoms with van der Waals surface area (Å²) in [6.07, 6.45) is 0. The van der Waals surface area contributed by atoms with Crippen LogP contribution in [0.1, 0.15) is 15.9 Å². The zero-order chi connectivity index (χ0) is 18.1. The molecule has 25 heavy (non-hydrogen) atoms. The first-order valence-corrected chi connectivity index (χ1v) is 9.92. The predicted octanol–water partition coefficient (Wildman–Crippen LogP) is 6.13. The zero-order valence-electron chi connectivity index (χ0n) is 12.9. The Morgan fingerprint density at radius 3 is 2.52 bits per heavy atom. The van der Waals surface area contributed by atoms with Crippen LogP contribution in [0, 0.1) is 6.92 Å². The third-order valence-electron chi connectivity index (χ3n) is 3.48. The number of rotatable bonds is 3. The molecule has 1 amide bonds. The van der Waals surface area contributed by atoms with E-state index in [0.717, 1.165) is 19.8 Å². The SMILES string of the molecule is Cc1cc(Br)sc1-c1cc(Br)c(NC(=O)c2ccc(Cl)cc2)nc1N. The van der Waals surface area contributed by atoms with Gasteiger partial charge in [-0.1, -0.05) is 11.6 Å². The van der Waals surface area contributed by atoms with Gasteiger partial charge in [0.1, 0.15) is 11.6 Å². The summed E-state index contributed by atoms with van der Waals surface area (Å²) in [6.45, 7) is 2.01. The lowest BCUT2D eigenvalue weighted by molar-refractivity contribution is 0.102. The van der Waals surface area contributed by atoms with E-state index in [1.165, 1.54) is 0 Å². The second-order valence-corrected chi connectivity index (χ2v) is 9.00. The summed E-state index contributed by atoms with van der Waals surface area (Å²) in [6, 6.07) is 10.5. The highest BCUT2D eigenvalue weighted by Crippen LogP contribution is 2.40. The van der Waals surface area contributed by atoms with Gasteiger partial charge in [0.05, 0.1) is 8.26 Å². The van der Waals surface area contributed by atoms with E-state index in [0.29, 0.717) is 26.7 Å². The molecule has 8 heteroatoms.